The number of likely N-dealkylation sites (N-methyl/N-ethyl adjacent to an activating group) is 1. The third-order valence-electron chi connectivity index (χ3n) is 4.70. The number of carbonyl (C=O) groups excluding carboxylic acids is 1. The second kappa shape index (κ2) is 8.80. The smallest absolute Gasteiger partial charge is 0.257 e. The molecule has 1 saturated heterocycles. The molecule has 0 radical (unpaired) electrons. The van der Waals surface area contributed by atoms with Gasteiger partial charge >= 0.3 is 0 Å². The molecule has 0 unspecified atom stereocenters. The fraction of sp³-hybridized carbons (Fsp3) is 0.316. The lowest BCUT2D eigenvalue weighted by Crippen LogP contribution is -2.48. The van der Waals surface area contributed by atoms with E-state index in [4.69, 9.17) is 23.2 Å². The summed E-state index contributed by atoms with van der Waals surface area (Å²) in [4.78, 5) is 14.9. The van der Waals surface area contributed by atoms with Crippen molar-refractivity contribution in [3.63, 3.8) is 0 Å². The van der Waals surface area contributed by atoms with Gasteiger partial charge in [0.2, 0.25) is 10.0 Å². The van der Waals surface area contributed by atoms with Gasteiger partial charge in [-0.25, -0.2) is 8.42 Å². The van der Waals surface area contributed by atoms with E-state index in [0.29, 0.717) is 31.9 Å². The summed E-state index contributed by atoms with van der Waals surface area (Å²) in [6.07, 6.45) is 0. The van der Waals surface area contributed by atoms with Crippen molar-refractivity contribution in [2.45, 2.75) is 11.8 Å². The summed E-state index contributed by atoms with van der Waals surface area (Å²) in [5.41, 5.74) is 0.590. The fourth-order valence-corrected chi connectivity index (χ4v) is 4.90. The van der Waals surface area contributed by atoms with E-state index < -0.39 is 15.9 Å². The van der Waals surface area contributed by atoms with E-state index in [9.17, 15) is 13.2 Å². The van der Waals surface area contributed by atoms with E-state index in [1.54, 1.807) is 30.3 Å². The molecule has 2 aromatic rings. The lowest BCUT2D eigenvalue weighted by Gasteiger charge is -2.33. The molecule has 0 aromatic heterocycles. The van der Waals surface area contributed by atoms with Crippen molar-refractivity contribution in [2.24, 2.45) is 0 Å². The predicted molar refractivity (Wildman–Crippen MR) is 112 cm³/mol. The Morgan fingerprint density at radius 3 is 2.43 bits per heavy atom. The Morgan fingerprint density at radius 2 is 1.75 bits per heavy atom. The van der Waals surface area contributed by atoms with Crippen LogP contribution in [0.5, 0.6) is 0 Å². The molecule has 9 heteroatoms. The Labute approximate surface area is 175 Å². The molecule has 1 aliphatic heterocycles. The Kier molecular flexibility index (Phi) is 6.62. The van der Waals surface area contributed by atoms with Gasteiger partial charge in [0.05, 0.1) is 20.5 Å². The monoisotopic (exact) mass is 441 g/mol. The zero-order chi connectivity index (χ0) is 20.3. The quantitative estimate of drug-likeness (QED) is 0.769. The van der Waals surface area contributed by atoms with Crippen LogP contribution < -0.4 is 5.32 Å². The van der Waals surface area contributed by atoms with Gasteiger partial charge in [-0.05, 0) is 36.9 Å². The summed E-state index contributed by atoms with van der Waals surface area (Å²) in [5.74, 6) is -0.460. The van der Waals surface area contributed by atoms with Crippen molar-refractivity contribution < 1.29 is 13.2 Å². The lowest BCUT2D eigenvalue weighted by atomic mass is 10.2. The number of nitrogens with zero attached hydrogens (tertiary/aromatic N) is 2. The number of benzene rings is 2. The number of anilines is 1. The van der Waals surface area contributed by atoms with Crippen LogP contribution in [0.4, 0.5) is 5.69 Å². The first-order chi connectivity index (χ1) is 13.3. The lowest BCUT2D eigenvalue weighted by molar-refractivity contribution is 0.102. The van der Waals surface area contributed by atoms with Crippen molar-refractivity contribution in [1.29, 1.82) is 0 Å². The number of hydrogen-bond acceptors (Lipinski definition) is 4. The van der Waals surface area contributed by atoms with Crippen LogP contribution in [0.3, 0.4) is 0 Å². The number of sulfonamides is 1. The van der Waals surface area contributed by atoms with Gasteiger partial charge in [0.1, 0.15) is 0 Å². The normalized spacial score (nSPS) is 16.1. The number of carbonyl (C=O) groups is 1. The third-order valence-corrected chi connectivity index (χ3v) is 7.42. The van der Waals surface area contributed by atoms with Gasteiger partial charge in [0, 0.05) is 31.9 Å². The highest BCUT2D eigenvalue weighted by atomic mass is 35.5. The Bertz CT molecular complexity index is 974. The van der Waals surface area contributed by atoms with Crippen LogP contribution in [0.2, 0.25) is 10.0 Å². The molecular formula is C19H21Cl2N3O3S. The van der Waals surface area contributed by atoms with Gasteiger partial charge in [-0.3, -0.25) is 4.79 Å². The van der Waals surface area contributed by atoms with Gasteiger partial charge in [0.25, 0.3) is 5.91 Å². The number of piperazine rings is 1. The molecule has 0 aliphatic carbocycles. The minimum atomic E-state index is -3.62. The van der Waals surface area contributed by atoms with E-state index in [1.807, 2.05) is 0 Å². The molecule has 3 rings (SSSR count). The van der Waals surface area contributed by atoms with Crippen LogP contribution in [0.1, 0.15) is 17.3 Å². The summed E-state index contributed by atoms with van der Waals surface area (Å²) < 4.78 is 27.4. The number of amides is 1. The standard InChI is InChI=1S/C19H21Cl2N3O3S/c1-2-23-9-11-24(12-10-23)28(26,27)15-6-3-5-14(13-15)22-19(25)16-7-4-8-17(20)18(16)21/h3-8,13H,2,9-12H2,1H3,(H,22,25). The fourth-order valence-electron chi connectivity index (χ4n) is 3.05. The topological polar surface area (TPSA) is 69.7 Å². The number of rotatable bonds is 5. The first-order valence-electron chi connectivity index (χ1n) is 8.91. The molecule has 1 amide bonds. The molecule has 0 saturated carbocycles. The van der Waals surface area contributed by atoms with Crippen molar-refractivity contribution in [3.8, 4) is 0 Å². The SMILES string of the molecule is CCN1CCN(S(=O)(=O)c2cccc(NC(=O)c3cccc(Cl)c3Cl)c2)CC1. The maximum atomic E-state index is 12.9. The van der Waals surface area contributed by atoms with Crippen molar-refractivity contribution >= 4 is 44.8 Å². The molecule has 1 fully saturated rings. The zero-order valence-corrected chi connectivity index (χ0v) is 17.7. The molecule has 1 aliphatic rings. The van der Waals surface area contributed by atoms with Crippen LogP contribution in [-0.2, 0) is 10.0 Å². The van der Waals surface area contributed by atoms with Crippen LogP contribution in [0.25, 0.3) is 0 Å². The van der Waals surface area contributed by atoms with Crippen LogP contribution >= 0.6 is 23.2 Å². The predicted octanol–water partition coefficient (Wildman–Crippen LogP) is 3.57. The maximum Gasteiger partial charge on any atom is 0.257 e. The average Bonchev–Trinajstić information content (AvgIpc) is 2.70. The van der Waals surface area contributed by atoms with Gasteiger partial charge < -0.3 is 10.2 Å². The Morgan fingerprint density at radius 1 is 1.07 bits per heavy atom. The molecule has 1 N–H and O–H groups in total. The van der Waals surface area contributed by atoms with Crippen LogP contribution in [0.15, 0.2) is 47.4 Å². The summed E-state index contributed by atoms with van der Waals surface area (Å²) >= 11 is 12.0. The molecule has 6 nitrogen and oxygen atoms in total. The van der Waals surface area contributed by atoms with Crippen molar-refractivity contribution in [2.75, 3.05) is 38.0 Å². The Balaban J connectivity index is 1.78. The van der Waals surface area contributed by atoms with Gasteiger partial charge in [-0.15, -0.1) is 0 Å². The van der Waals surface area contributed by atoms with E-state index in [-0.39, 0.29) is 20.5 Å². The number of nitrogens with one attached hydrogen (secondary N) is 1. The summed E-state index contributed by atoms with van der Waals surface area (Å²) in [7, 11) is -3.62. The first-order valence-corrected chi connectivity index (χ1v) is 11.1. The largest absolute Gasteiger partial charge is 0.322 e. The van der Waals surface area contributed by atoms with E-state index in [2.05, 4.69) is 17.1 Å². The highest BCUT2D eigenvalue weighted by Gasteiger charge is 2.28. The van der Waals surface area contributed by atoms with E-state index in [0.717, 1.165) is 6.54 Å². The second-order valence-corrected chi connectivity index (χ2v) is 9.14. The van der Waals surface area contributed by atoms with Crippen LogP contribution in [0, 0.1) is 0 Å². The van der Waals surface area contributed by atoms with Crippen molar-refractivity contribution in [3.05, 3.63) is 58.1 Å². The summed E-state index contributed by atoms with van der Waals surface area (Å²) in [6.45, 7) is 5.28. The molecule has 2 aromatic carbocycles. The summed E-state index contributed by atoms with van der Waals surface area (Å²) in [5, 5.41) is 3.11. The molecule has 150 valence electrons. The Hall–Kier alpha value is -1.64. The van der Waals surface area contributed by atoms with Crippen LogP contribution in [-0.4, -0.2) is 56.3 Å². The highest BCUT2D eigenvalue weighted by Crippen LogP contribution is 2.27. The minimum Gasteiger partial charge on any atom is -0.322 e. The summed E-state index contributed by atoms with van der Waals surface area (Å²) in [6, 6.07) is 11.0. The zero-order valence-electron chi connectivity index (χ0n) is 15.4. The minimum absolute atomic E-state index is 0.146. The molecule has 0 atom stereocenters. The number of halogens is 2. The van der Waals surface area contributed by atoms with Crippen molar-refractivity contribution in [1.82, 2.24) is 9.21 Å². The van der Waals surface area contributed by atoms with Gasteiger partial charge in [-0.1, -0.05) is 42.3 Å². The van der Waals surface area contributed by atoms with Gasteiger partial charge in [-0.2, -0.15) is 4.31 Å². The molecule has 1 heterocycles. The van der Waals surface area contributed by atoms with Gasteiger partial charge in [0.15, 0.2) is 0 Å². The molecule has 0 spiro atoms. The maximum absolute atomic E-state index is 12.9. The molecular weight excluding hydrogens is 421 g/mol. The molecule has 0 bridgehead atoms. The first kappa shape index (κ1) is 21.1. The third kappa shape index (κ3) is 4.50. The van der Waals surface area contributed by atoms with E-state index in [1.165, 1.54) is 16.4 Å². The average molecular weight is 442 g/mol. The molecule has 28 heavy (non-hydrogen) atoms. The van der Waals surface area contributed by atoms with E-state index >= 15 is 0 Å². The highest BCUT2D eigenvalue weighted by molar-refractivity contribution is 7.89. The second-order valence-electron chi connectivity index (χ2n) is 6.42. The number of hydrogen-bond donors (Lipinski definition) is 1.